The molecule has 0 amide bonds. The van der Waals surface area contributed by atoms with Crippen LogP contribution in [0.3, 0.4) is 0 Å². The molecule has 0 bridgehead atoms. The molecule has 1 aliphatic carbocycles. The molecule has 16 nitrogen and oxygen atoms in total. The first kappa shape index (κ1) is 61.5. The summed E-state index contributed by atoms with van der Waals surface area (Å²) >= 11 is 0. The largest absolute Gasteiger partial charge is 0.472 e. The summed E-state index contributed by atoms with van der Waals surface area (Å²) in [6.07, 6.45) is 25.6. The Balaban J connectivity index is 2.55. The first-order valence-corrected chi connectivity index (χ1v) is 27.9. The lowest BCUT2D eigenvalue weighted by Crippen LogP contribution is -2.64. The van der Waals surface area contributed by atoms with E-state index in [1.165, 1.54) is 96.3 Å². The molecular formula is C47H88O16P2. The van der Waals surface area contributed by atoms with Gasteiger partial charge in [-0.25, -0.2) is 9.13 Å². The molecule has 65 heavy (non-hydrogen) atoms. The van der Waals surface area contributed by atoms with Crippen LogP contribution in [0, 0.1) is 0 Å². The van der Waals surface area contributed by atoms with Crippen molar-refractivity contribution >= 4 is 27.6 Å². The molecule has 8 atom stereocenters. The van der Waals surface area contributed by atoms with Crippen molar-refractivity contribution in [2.45, 2.75) is 249 Å². The van der Waals surface area contributed by atoms with Gasteiger partial charge in [-0.05, 0) is 44.9 Å². The Kier molecular flexibility index (Phi) is 36.3. The normalized spacial score (nSPS) is 21.8. The molecule has 0 saturated heterocycles. The third-order valence-corrected chi connectivity index (χ3v) is 13.0. The van der Waals surface area contributed by atoms with Crippen LogP contribution < -0.4 is 0 Å². The number of aliphatic hydroxyl groups is 4. The van der Waals surface area contributed by atoms with Gasteiger partial charge in [0.2, 0.25) is 0 Å². The highest BCUT2D eigenvalue weighted by Gasteiger charge is 2.54. The summed E-state index contributed by atoms with van der Waals surface area (Å²) in [4.78, 5) is 54.3. The van der Waals surface area contributed by atoms with Crippen LogP contribution in [-0.4, -0.2) is 103 Å². The van der Waals surface area contributed by atoms with E-state index in [9.17, 15) is 53.8 Å². The van der Waals surface area contributed by atoms with E-state index in [-0.39, 0.29) is 12.8 Å². The van der Waals surface area contributed by atoms with E-state index in [4.69, 9.17) is 18.5 Å². The molecule has 7 N–H and O–H groups in total. The number of hydrogen-bond acceptors (Lipinski definition) is 13. The number of aliphatic hydroxyl groups excluding tert-OH is 4. The molecule has 0 heterocycles. The van der Waals surface area contributed by atoms with Gasteiger partial charge in [0.25, 0.3) is 0 Å². The van der Waals surface area contributed by atoms with Crippen molar-refractivity contribution in [3.63, 3.8) is 0 Å². The van der Waals surface area contributed by atoms with Crippen molar-refractivity contribution in [1.29, 1.82) is 0 Å². The minimum absolute atomic E-state index is 0.0422. The van der Waals surface area contributed by atoms with Crippen molar-refractivity contribution in [3.05, 3.63) is 24.3 Å². The summed E-state index contributed by atoms with van der Waals surface area (Å²) < 4.78 is 49.4. The standard InChI is InChI=1S/C47H88O16P2/c1-3-5-7-9-11-13-15-17-18-19-20-21-22-24-26-28-30-32-34-36-41(49)61-39(37-59-40(48)35-33-31-29-27-25-23-16-14-12-10-8-6-4-2)38-60-65(57,58)63-47-44(52)42(50)43(51)46(45(47)53)62-64(54,55)56/h11,13,17-18,39,42-47,50-53H,3-10,12,14-16,19-38H2,1-2H3,(H,57,58)(H2,54,55,56)/b13-11-,18-17-/t39-,42?,43?,44?,45?,46-,47+/m1/s1. The van der Waals surface area contributed by atoms with Gasteiger partial charge in [-0.2, -0.15) is 0 Å². The fourth-order valence-electron chi connectivity index (χ4n) is 7.65. The molecule has 0 aliphatic heterocycles. The van der Waals surface area contributed by atoms with Gasteiger partial charge in [-0.1, -0.05) is 173 Å². The van der Waals surface area contributed by atoms with E-state index in [0.717, 1.165) is 70.6 Å². The summed E-state index contributed by atoms with van der Waals surface area (Å²) in [5.41, 5.74) is 0. The molecular weight excluding hydrogens is 882 g/mol. The quantitative estimate of drug-likeness (QED) is 0.0130. The van der Waals surface area contributed by atoms with Crippen molar-refractivity contribution in [2.24, 2.45) is 0 Å². The van der Waals surface area contributed by atoms with Gasteiger partial charge >= 0.3 is 27.6 Å². The molecule has 0 aromatic carbocycles. The van der Waals surface area contributed by atoms with Gasteiger partial charge in [0.15, 0.2) is 6.10 Å². The topological polar surface area (TPSA) is 256 Å². The molecule has 0 spiro atoms. The van der Waals surface area contributed by atoms with Gasteiger partial charge in [0.1, 0.15) is 43.2 Å². The summed E-state index contributed by atoms with van der Waals surface area (Å²) in [6.45, 7) is 3.10. The van der Waals surface area contributed by atoms with Crippen LogP contribution in [0.25, 0.3) is 0 Å². The highest BCUT2D eigenvalue weighted by Crippen LogP contribution is 2.49. The SMILES string of the molecule is CCCCC/C=C\C/C=C\CCCCCCCCCCCC(=O)O[C@H](COC(=O)CCCCCCCCCCCCCCC)COP(=O)(O)O[C@H]1C(O)C(O)C(O)[C@@H](OP(=O)(O)O)C1O. The lowest BCUT2D eigenvalue weighted by molar-refractivity contribution is -0.216. The van der Waals surface area contributed by atoms with Crippen LogP contribution >= 0.6 is 15.6 Å². The van der Waals surface area contributed by atoms with Crippen molar-refractivity contribution in [1.82, 2.24) is 0 Å². The van der Waals surface area contributed by atoms with Gasteiger partial charge in [-0.3, -0.25) is 23.2 Å². The first-order valence-electron chi connectivity index (χ1n) is 24.9. The number of ether oxygens (including phenoxy) is 2. The predicted octanol–water partition coefficient (Wildman–Crippen LogP) is 9.73. The third kappa shape index (κ3) is 32.8. The van der Waals surface area contributed by atoms with Gasteiger partial charge < -0.3 is 44.6 Å². The molecule has 18 heteroatoms. The number of carbonyl (C=O) groups excluding carboxylic acids is 2. The second-order valence-electron chi connectivity index (χ2n) is 17.5. The molecule has 0 radical (unpaired) electrons. The van der Waals surface area contributed by atoms with Crippen LogP contribution in [0.2, 0.25) is 0 Å². The van der Waals surface area contributed by atoms with E-state index in [1.54, 1.807) is 0 Å². The zero-order valence-electron chi connectivity index (χ0n) is 39.7. The molecule has 1 fully saturated rings. The van der Waals surface area contributed by atoms with Crippen molar-refractivity contribution < 1.29 is 76.9 Å². The number of rotatable bonds is 42. The summed E-state index contributed by atoms with van der Waals surface area (Å²) in [6, 6.07) is 0. The molecule has 0 aromatic heterocycles. The van der Waals surface area contributed by atoms with Gasteiger partial charge in [0, 0.05) is 12.8 Å². The number of phosphoric ester groups is 2. The van der Waals surface area contributed by atoms with Crippen LogP contribution in [0.5, 0.6) is 0 Å². The molecule has 1 rings (SSSR count). The number of esters is 2. The van der Waals surface area contributed by atoms with Crippen LogP contribution in [-0.2, 0) is 41.8 Å². The lowest BCUT2D eigenvalue weighted by atomic mass is 9.85. The molecule has 1 saturated carbocycles. The average Bonchev–Trinajstić information content (AvgIpc) is 3.26. The van der Waals surface area contributed by atoms with E-state index in [2.05, 4.69) is 42.7 Å². The van der Waals surface area contributed by atoms with Gasteiger partial charge in [-0.15, -0.1) is 0 Å². The highest BCUT2D eigenvalue weighted by molar-refractivity contribution is 7.47. The number of hydrogen-bond donors (Lipinski definition) is 7. The average molecular weight is 971 g/mol. The molecule has 382 valence electrons. The van der Waals surface area contributed by atoms with E-state index in [0.29, 0.717) is 12.8 Å². The highest BCUT2D eigenvalue weighted by atomic mass is 31.2. The first-order chi connectivity index (χ1) is 31.1. The second kappa shape index (κ2) is 38.3. The van der Waals surface area contributed by atoms with Gasteiger partial charge in [0.05, 0.1) is 6.61 Å². The Hall–Kier alpha value is -1.52. The van der Waals surface area contributed by atoms with E-state index >= 15 is 0 Å². The minimum atomic E-state index is -5.36. The Bertz CT molecular complexity index is 1360. The lowest BCUT2D eigenvalue weighted by Gasteiger charge is -2.43. The molecule has 1 aliphatic rings. The summed E-state index contributed by atoms with van der Waals surface area (Å²) in [5.74, 6) is -1.20. The summed E-state index contributed by atoms with van der Waals surface area (Å²) in [5, 5.41) is 41.3. The maximum atomic E-state index is 13.0. The van der Waals surface area contributed by atoms with Crippen molar-refractivity contribution in [3.8, 4) is 0 Å². The van der Waals surface area contributed by atoms with E-state index in [1.807, 2.05) is 0 Å². The molecule has 5 unspecified atom stereocenters. The number of unbranched alkanes of at least 4 members (excludes halogenated alkanes) is 24. The third-order valence-electron chi connectivity index (χ3n) is 11.5. The van der Waals surface area contributed by atoms with Crippen LogP contribution in [0.4, 0.5) is 0 Å². The maximum absolute atomic E-state index is 13.0. The maximum Gasteiger partial charge on any atom is 0.472 e. The second-order valence-corrected chi connectivity index (χ2v) is 20.1. The predicted molar refractivity (Wildman–Crippen MR) is 251 cm³/mol. The Morgan fingerprint density at radius 2 is 0.892 bits per heavy atom. The fraction of sp³-hybridized carbons (Fsp3) is 0.872. The Morgan fingerprint density at radius 3 is 1.37 bits per heavy atom. The zero-order chi connectivity index (χ0) is 48.2. The minimum Gasteiger partial charge on any atom is -0.462 e. The monoisotopic (exact) mass is 971 g/mol. The van der Waals surface area contributed by atoms with E-state index < -0.39 is 83.5 Å². The van der Waals surface area contributed by atoms with Crippen LogP contribution in [0.1, 0.15) is 206 Å². The number of phosphoric acid groups is 2. The number of carbonyl (C=O) groups is 2. The fourth-order valence-corrected chi connectivity index (χ4v) is 9.18. The smallest absolute Gasteiger partial charge is 0.462 e. The zero-order valence-corrected chi connectivity index (χ0v) is 41.5. The summed E-state index contributed by atoms with van der Waals surface area (Å²) in [7, 11) is -10.7. The van der Waals surface area contributed by atoms with Crippen molar-refractivity contribution in [2.75, 3.05) is 13.2 Å². The number of allylic oxidation sites excluding steroid dienone is 4. The molecule has 0 aromatic rings. The Labute approximate surface area is 390 Å². The van der Waals surface area contributed by atoms with Crippen LogP contribution in [0.15, 0.2) is 24.3 Å². The Morgan fingerprint density at radius 1 is 0.492 bits per heavy atom.